The molecule has 82 valence electrons. The van der Waals surface area contributed by atoms with E-state index in [4.69, 9.17) is 0 Å². The van der Waals surface area contributed by atoms with Crippen LogP contribution in [0.4, 0.5) is 11.4 Å². The van der Waals surface area contributed by atoms with Crippen molar-refractivity contribution in [3.05, 3.63) is 24.3 Å². The van der Waals surface area contributed by atoms with Gasteiger partial charge >= 0.3 is 0 Å². The average molecular weight is 226 g/mol. The molecule has 0 saturated carbocycles. The number of nitrogens with zero attached hydrogens (tertiary/aromatic N) is 1. The van der Waals surface area contributed by atoms with Crippen molar-refractivity contribution in [1.82, 2.24) is 0 Å². The SMILES string of the molecule is CNc1cccc(N2CCCS2(=O)=O)c1. The molecular weight excluding hydrogens is 212 g/mol. The lowest BCUT2D eigenvalue weighted by molar-refractivity contribution is 0.599. The maximum absolute atomic E-state index is 11.7. The third-order valence-electron chi connectivity index (χ3n) is 2.52. The molecule has 1 aliphatic rings. The van der Waals surface area contributed by atoms with Crippen molar-refractivity contribution >= 4 is 21.4 Å². The Morgan fingerprint density at radius 3 is 2.80 bits per heavy atom. The number of rotatable bonds is 2. The molecule has 2 rings (SSSR count). The zero-order valence-corrected chi connectivity index (χ0v) is 9.42. The van der Waals surface area contributed by atoms with E-state index in [0.717, 1.165) is 11.4 Å². The highest BCUT2D eigenvalue weighted by Gasteiger charge is 2.28. The Hall–Kier alpha value is -1.23. The maximum atomic E-state index is 11.7. The summed E-state index contributed by atoms with van der Waals surface area (Å²) in [5.41, 5.74) is 1.67. The van der Waals surface area contributed by atoms with Gasteiger partial charge in [-0.1, -0.05) is 6.07 Å². The van der Waals surface area contributed by atoms with Gasteiger partial charge in [0.2, 0.25) is 10.0 Å². The summed E-state index contributed by atoms with van der Waals surface area (Å²) in [7, 11) is -1.24. The second-order valence-electron chi connectivity index (χ2n) is 3.54. The molecule has 4 nitrogen and oxygen atoms in total. The van der Waals surface area contributed by atoms with Gasteiger partial charge in [-0.3, -0.25) is 4.31 Å². The molecule has 1 heterocycles. The summed E-state index contributed by atoms with van der Waals surface area (Å²) < 4.78 is 24.8. The zero-order chi connectivity index (χ0) is 10.9. The highest BCUT2D eigenvalue weighted by atomic mass is 32.2. The minimum atomic E-state index is -3.06. The van der Waals surface area contributed by atoms with E-state index in [-0.39, 0.29) is 5.75 Å². The number of nitrogens with one attached hydrogen (secondary N) is 1. The van der Waals surface area contributed by atoms with Crippen LogP contribution in [0, 0.1) is 0 Å². The van der Waals surface area contributed by atoms with E-state index in [1.165, 1.54) is 4.31 Å². The highest BCUT2D eigenvalue weighted by Crippen LogP contribution is 2.25. The van der Waals surface area contributed by atoms with Crippen molar-refractivity contribution in [1.29, 1.82) is 0 Å². The molecule has 1 saturated heterocycles. The second-order valence-corrected chi connectivity index (χ2v) is 5.55. The van der Waals surface area contributed by atoms with E-state index in [1.54, 1.807) is 0 Å². The molecule has 5 heteroatoms. The third-order valence-corrected chi connectivity index (χ3v) is 4.39. The number of anilines is 2. The number of benzene rings is 1. The Kier molecular flexibility index (Phi) is 2.56. The Morgan fingerprint density at radius 2 is 2.20 bits per heavy atom. The Morgan fingerprint density at radius 1 is 1.40 bits per heavy atom. The molecule has 0 spiro atoms. The molecule has 1 fully saturated rings. The summed E-state index contributed by atoms with van der Waals surface area (Å²) in [6, 6.07) is 7.44. The lowest BCUT2D eigenvalue weighted by atomic mass is 10.2. The fourth-order valence-electron chi connectivity index (χ4n) is 1.75. The fourth-order valence-corrected chi connectivity index (χ4v) is 3.30. The molecule has 1 aromatic carbocycles. The molecular formula is C10H14N2O2S. The third kappa shape index (κ3) is 1.92. The van der Waals surface area contributed by atoms with Crippen LogP contribution in [0.3, 0.4) is 0 Å². The first-order valence-corrected chi connectivity index (χ1v) is 6.52. The monoisotopic (exact) mass is 226 g/mol. The number of hydrogen-bond donors (Lipinski definition) is 1. The minimum absolute atomic E-state index is 0.261. The van der Waals surface area contributed by atoms with E-state index >= 15 is 0 Å². The van der Waals surface area contributed by atoms with Gasteiger partial charge in [-0.25, -0.2) is 8.42 Å². The van der Waals surface area contributed by atoms with E-state index in [9.17, 15) is 8.42 Å². The largest absolute Gasteiger partial charge is 0.388 e. The van der Waals surface area contributed by atoms with Crippen LogP contribution in [0.2, 0.25) is 0 Å². The van der Waals surface area contributed by atoms with Crippen LogP contribution in [0.1, 0.15) is 6.42 Å². The number of sulfonamides is 1. The first kappa shape index (κ1) is 10.3. The minimum Gasteiger partial charge on any atom is -0.388 e. The van der Waals surface area contributed by atoms with Crippen LogP contribution >= 0.6 is 0 Å². The van der Waals surface area contributed by atoms with Crippen LogP contribution in [0.25, 0.3) is 0 Å². The van der Waals surface area contributed by atoms with Gasteiger partial charge < -0.3 is 5.32 Å². The summed E-state index contributed by atoms with van der Waals surface area (Å²) in [6.07, 6.45) is 0.714. The summed E-state index contributed by atoms with van der Waals surface area (Å²) in [4.78, 5) is 0. The molecule has 0 bridgehead atoms. The van der Waals surface area contributed by atoms with Crippen molar-refractivity contribution in [3.63, 3.8) is 0 Å². The fraction of sp³-hybridized carbons (Fsp3) is 0.400. The predicted molar refractivity (Wildman–Crippen MR) is 61.7 cm³/mol. The Balaban J connectivity index is 2.37. The number of hydrogen-bond acceptors (Lipinski definition) is 3. The summed E-state index contributed by atoms with van der Waals surface area (Å²) in [5, 5.41) is 3.00. The van der Waals surface area contributed by atoms with Crippen LogP contribution in [-0.4, -0.2) is 27.8 Å². The van der Waals surface area contributed by atoms with Crippen LogP contribution < -0.4 is 9.62 Å². The lowest BCUT2D eigenvalue weighted by Crippen LogP contribution is -2.24. The van der Waals surface area contributed by atoms with E-state index in [1.807, 2.05) is 31.3 Å². The van der Waals surface area contributed by atoms with Crippen molar-refractivity contribution < 1.29 is 8.42 Å². The Labute approximate surface area is 90.0 Å². The van der Waals surface area contributed by atoms with Gasteiger partial charge in [-0.15, -0.1) is 0 Å². The summed E-state index contributed by atoms with van der Waals surface area (Å²) in [6.45, 7) is 0.593. The van der Waals surface area contributed by atoms with Crippen molar-refractivity contribution in [2.75, 3.05) is 29.0 Å². The standard InChI is InChI=1S/C10H14N2O2S/c1-11-9-4-2-5-10(8-9)12-6-3-7-15(12,13)14/h2,4-5,8,11H,3,6-7H2,1H3. The van der Waals surface area contributed by atoms with Gasteiger partial charge in [-0.05, 0) is 24.6 Å². The summed E-state index contributed by atoms with van der Waals surface area (Å²) >= 11 is 0. The van der Waals surface area contributed by atoms with Crippen molar-refractivity contribution in [3.8, 4) is 0 Å². The van der Waals surface area contributed by atoms with Gasteiger partial charge in [0.05, 0.1) is 11.4 Å². The molecule has 0 aromatic heterocycles. The molecule has 15 heavy (non-hydrogen) atoms. The van der Waals surface area contributed by atoms with Crippen LogP contribution in [-0.2, 0) is 10.0 Å². The molecule has 0 unspecified atom stereocenters. The molecule has 1 aromatic rings. The zero-order valence-electron chi connectivity index (χ0n) is 8.60. The molecule has 0 radical (unpaired) electrons. The predicted octanol–water partition coefficient (Wildman–Crippen LogP) is 1.27. The van der Waals surface area contributed by atoms with Crippen molar-refractivity contribution in [2.45, 2.75) is 6.42 Å². The highest BCUT2D eigenvalue weighted by molar-refractivity contribution is 7.93. The topological polar surface area (TPSA) is 49.4 Å². The van der Waals surface area contributed by atoms with Gasteiger partial charge in [0.25, 0.3) is 0 Å². The Bertz CT molecular complexity index is 456. The smallest absolute Gasteiger partial charge is 0.235 e. The quantitative estimate of drug-likeness (QED) is 0.826. The van der Waals surface area contributed by atoms with Gasteiger partial charge in [0.1, 0.15) is 0 Å². The van der Waals surface area contributed by atoms with Crippen LogP contribution in [0.5, 0.6) is 0 Å². The van der Waals surface area contributed by atoms with Gasteiger partial charge in [0, 0.05) is 19.3 Å². The second kappa shape index (κ2) is 3.73. The molecule has 0 atom stereocenters. The maximum Gasteiger partial charge on any atom is 0.235 e. The molecule has 0 aliphatic carbocycles. The van der Waals surface area contributed by atoms with Crippen LogP contribution in [0.15, 0.2) is 24.3 Å². The first-order chi connectivity index (χ1) is 7.13. The van der Waals surface area contributed by atoms with Gasteiger partial charge in [-0.2, -0.15) is 0 Å². The van der Waals surface area contributed by atoms with E-state index in [0.29, 0.717) is 13.0 Å². The normalized spacial score (nSPS) is 19.1. The lowest BCUT2D eigenvalue weighted by Gasteiger charge is -2.17. The molecule has 0 amide bonds. The van der Waals surface area contributed by atoms with E-state index in [2.05, 4.69) is 5.32 Å². The molecule has 1 N–H and O–H groups in total. The average Bonchev–Trinajstić information content (AvgIpc) is 2.58. The summed E-state index contributed by atoms with van der Waals surface area (Å²) in [5.74, 6) is 0.261. The molecule has 1 aliphatic heterocycles. The first-order valence-electron chi connectivity index (χ1n) is 4.92. The van der Waals surface area contributed by atoms with Gasteiger partial charge in [0.15, 0.2) is 0 Å². The van der Waals surface area contributed by atoms with Crippen molar-refractivity contribution in [2.24, 2.45) is 0 Å². The van der Waals surface area contributed by atoms with E-state index < -0.39 is 10.0 Å².